The van der Waals surface area contributed by atoms with Crippen molar-refractivity contribution in [3.63, 3.8) is 0 Å². The number of hydrogen-bond acceptors (Lipinski definition) is 3. The quantitative estimate of drug-likeness (QED) is 0.819. The summed E-state index contributed by atoms with van der Waals surface area (Å²) in [6.45, 7) is 3.87. The SMILES string of the molecule is CCC(C)OC(=O)NC12CCC(C(N)=O)(CC1)CC2. The summed E-state index contributed by atoms with van der Waals surface area (Å²) in [7, 11) is 0. The van der Waals surface area contributed by atoms with Crippen molar-refractivity contribution in [3.8, 4) is 0 Å². The number of ether oxygens (including phenoxy) is 1. The van der Waals surface area contributed by atoms with E-state index in [1.54, 1.807) is 0 Å². The van der Waals surface area contributed by atoms with Gasteiger partial charge in [0.05, 0.1) is 0 Å². The zero-order valence-corrected chi connectivity index (χ0v) is 11.8. The maximum Gasteiger partial charge on any atom is 0.407 e. The first kappa shape index (κ1) is 14.2. The molecule has 0 aromatic heterocycles. The average molecular weight is 268 g/mol. The summed E-state index contributed by atoms with van der Waals surface area (Å²) >= 11 is 0. The lowest BCUT2D eigenvalue weighted by Crippen LogP contribution is -2.59. The number of nitrogens with two attached hydrogens (primary N) is 1. The molecule has 1 unspecified atom stereocenters. The molecule has 0 aromatic carbocycles. The van der Waals surface area contributed by atoms with Crippen molar-refractivity contribution in [2.24, 2.45) is 11.1 Å². The third-order valence-corrected chi connectivity index (χ3v) is 5.02. The Labute approximate surface area is 114 Å². The van der Waals surface area contributed by atoms with Crippen molar-refractivity contribution in [2.75, 3.05) is 0 Å². The molecule has 2 bridgehead atoms. The molecule has 3 aliphatic carbocycles. The minimum atomic E-state index is -0.331. The predicted molar refractivity (Wildman–Crippen MR) is 71.4 cm³/mol. The van der Waals surface area contributed by atoms with Gasteiger partial charge in [0.25, 0.3) is 0 Å². The summed E-state index contributed by atoms with van der Waals surface area (Å²) in [6, 6.07) is 0. The van der Waals surface area contributed by atoms with E-state index < -0.39 is 0 Å². The molecule has 3 aliphatic rings. The monoisotopic (exact) mass is 268 g/mol. The van der Waals surface area contributed by atoms with Gasteiger partial charge in [0.15, 0.2) is 0 Å². The molecule has 1 atom stereocenters. The van der Waals surface area contributed by atoms with Crippen molar-refractivity contribution >= 4 is 12.0 Å². The lowest BCUT2D eigenvalue weighted by Gasteiger charge is -2.51. The first-order valence-electron chi connectivity index (χ1n) is 7.20. The molecule has 108 valence electrons. The fourth-order valence-corrected chi connectivity index (χ4v) is 3.25. The average Bonchev–Trinajstić information content (AvgIpc) is 2.39. The van der Waals surface area contributed by atoms with Gasteiger partial charge in [-0.2, -0.15) is 0 Å². The molecule has 0 spiro atoms. The molecule has 0 aliphatic heterocycles. The molecule has 2 amide bonds. The third kappa shape index (κ3) is 2.69. The number of alkyl carbamates (subject to hydrolysis) is 1. The Hall–Kier alpha value is -1.26. The summed E-state index contributed by atoms with van der Waals surface area (Å²) in [5, 5.41) is 3.03. The number of amides is 2. The highest BCUT2D eigenvalue weighted by atomic mass is 16.6. The molecular formula is C14H24N2O3. The third-order valence-electron chi connectivity index (χ3n) is 5.02. The van der Waals surface area contributed by atoms with Crippen molar-refractivity contribution < 1.29 is 14.3 Å². The number of nitrogens with one attached hydrogen (secondary N) is 1. The molecule has 0 radical (unpaired) electrons. The highest BCUT2D eigenvalue weighted by Crippen LogP contribution is 2.52. The van der Waals surface area contributed by atoms with E-state index in [9.17, 15) is 9.59 Å². The van der Waals surface area contributed by atoms with E-state index in [0.29, 0.717) is 0 Å². The van der Waals surface area contributed by atoms with Crippen LogP contribution in [0.2, 0.25) is 0 Å². The van der Waals surface area contributed by atoms with Crippen LogP contribution in [-0.2, 0) is 9.53 Å². The van der Waals surface area contributed by atoms with Gasteiger partial charge in [-0.25, -0.2) is 4.79 Å². The summed E-state index contributed by atoms with van der Waals surface area (Å²) in [6.07, 6.45) is 5.24. The minimum Gasteiger partial charge on any atom is -0.447 e. The van der Waals surface area contributed by atoms with Gasteiger partial charge in [0, 0.05) is 11.0 Å². The number of hydrogen-bond donors (Lipinski definition) is 2. The highest BCUT2D eigenvalue weighted by molar-refractivity contribution is 5.81. The van der Waals surface area contributed by atoms with Gasteiger partial charge in [-0.05, 0) is 51.9 Å². The maximum absolute atomic E-state index is 11.9. The highest BCUT2D eigenvalue weighted by Gasteiger charge is 2.52. The van der Waals surface area contributed by atoms with Crippen LogP contribution in [0.3, 0.4) is 0 Å². The number of fused-ring (bicyclic) bond motifs is 3. The first-order chi connectivity index (χ1) is 8.91. The van der Waals surface area contributed by atoms with Gasteiger partial charge in [-0.1, -0.05) is 6.92 Å². The number of primary amides is 1. The van der Waals surface area contributed by atoms with Crippen LogP contribution < -0.4 is 11.1 Å². The zero-order chi connectivity index (χ0) is 14.1. The Kier molecular flexibility index (Phi) is 3.74. The Morgan fingerprint density at radius 2 is 1.74 bits per heavy atom. The van der Waals surface area contributed by atoms with Gasteiger partial charge in [0.1, 0.15) is 6.10 Å². The molecule has 19 heavy (non-hydrogen) atoms. The lowest BCUT2D eigenvalue weighted by atomic mass is 9.57. The second kappa shape index (κ2) is 5.02. The maximum atomic E-state index is 11.9. The van der Waals surface area contributed by atoms with Crippen LogP contribution in [0.4, 0.5) is 4.79 Å². The van der Waals surface area contributed by atoms with E-state index in [1.165, 1.54) is 0 Å². The van der Waals surface area contributed by atoms with Crippen molar-refractivity contribution in [2.45, 2.75) is 70.4 Å². The van der Waals surface area contributed by atoms with Crippen LogP contribution >= 0.6 is 0 Å². The smallest absolute Gasteiger partial charge is 0.407 e. The Bertz CT molecular complexity index is 356. The van der Waals surface area contributed by atoms with Crippen molar-refractivity contribution in [3.05, 3.63) is 0 Å². The fraction of sp³-hybridized carbons (Fsp3) is 0.857. The van der Waals surface area contributed by atoms with Crippen LogP contribution in [-0.4, -0.2) is 23.6 Å². The van der Waals surface area contributed by atoms with Gasteiger partial charge in [-0.3, -0.25) is 4.79 Å². The Balaban J connectivity index is 1.93. The van der Waals surface area contributed by atoms with E-state index in [-0.39, 0.29) is 29.1 Å². The molecule has 0 heterocycles. The first-order valence-corrected chi connectivity index (χ1v) is 7.20. The summed E-state index contributed by atoms with van der Waals surface area (Å²) in [5.41, 5.74) is 5.02. The second-order valence-electron chi connectivity index (χ2n) is 6.17. The summed E-state index contributed by atoms with van der Waals surface area (Å²) in [5.74, 6) is -0.178. The van der Waals surface area contributed by atoms with Crippen LogP contribution in [0.15, 0.2) is 0 Å². The Morgan fingerprint density at radius 3 is 2.16 bits per heavy atom. The normalized spacial score (nSPS) is 34.6. The standard InChI is InChI=1S/C14H24N2O3/c1-3-10(2)19-12(18)16-14-7-4-13(5-8-14,6-9-14)11(15)17/h10H,3-9H2,1-2H3,(H2,15,17)(H,16,18). The zero-order valence-electron chi connectivity index (χ0n) is 11.8. The largest absolute Gasteiger partial charge is 0.447 e. The van der Waals surface area contributed by atoms with E-state index in [1.807, 2.05) is 13.8 Å². The van der Waals surface area contributed by atoms with E-state index in [0.717, 1.165) is 44.9 Å². The van der Waals surface area contributed by atoms with Crippen molar-refractivity contribution in [1.29, 1.82) is 0 Å². The molecular weight excluding hydrogens is 244 g/mol. The van der Waals surface area contributed by atoms with Gasteiger partial charge in [0.2, 0.25) is 5.91 Å². The minimum absolute atomic E-state index is 0.0618. The number of rotatable bonds is 4. The lowest BCUT2D eigenvalue weighted by molar-refractivity contribution is -0.134. The predicted octanol–water partition coefficient (Wildman–Crippen LogP) is 2.09. The summed E-state index contributed by atoms with van der Waals surface area (Å²) < 4.78 is 5.28. The topological polar surface area (TPSA) is 81.4 Å². The second-order valence-corrected chi connectivity index (χ2v) is 6.17. The molecule has 5 heteroatoms. The van der Waals surface area contributed by atoms with Crippen molar-refractivity contribution in [1.82, 2.24) is 5.32 Å². The van der Waals surface area contributed by atoms with Gasteiger partial charge >= 0.3 is 6.09 Å². The molecule has 3 rings (SSSR count). The fourth-order valence-electron chi connectivity index (χ4n) is 3.25. The number of carbonyl (C=O) groups excluding carboxylic acids is 2. The van der Waals surface area contributed by atoms with E-state index >= 15 is 0 Å². The van der Waals surface area contributed by atoms with E-state index in [2.05, 4.69) is 5.32 Å². The van der Waals surface area contributed by atoms with Crippen LogP contribution in [0.5, 0.6) is 0 Å². The summed E-state index contributed by atoms with van der Waals surface area (Å²) in [4.78, 5) is 23.4. The van der Waals surface area contributed by atoms with Crippen LogP contribution in [0, 0.1) is 5.41 Å². The van der Waals surface area contributed by atoms with Crippen LogP contribution in [0.1, 0.15) is 58.8 Å². The van der Waals surface area contributed by atoms with E-state index in [4.69, 9.17) is 10.5 Å². The molecule has 5 nitrogen and oxygen atoms in total. The van der Waals surface area contributed by atoms with Gasteiger partial charge < -0.3 is 15.8 Å². The van der Waals surface area contributed by atoms with Gasteiger partial charge in [-0.15, -0.1) is 0 Å². The molecule has 0 saturated heterocycles. The van der Waals surface area contributed by atoms with Crippen LogP contribution in [0.25, 0.3) is 0 Å². The molecule has 3 N–H and O–H groups in total. The molecule has 3 saturated carbocycles. The molecule has 0 aromatic rings. The number of carbonyl (C=O) groups is 2. The molecule has 3 fully saturated rings. The Morgan fingerprint density at radius 1 is 1.21 bits per heavy atom.